The van der Waals surface area contributed by atoms with Crippen LogP contribution in [-0.4, -0.2) is 9.36 Å². The van der Waals surface area contributed by atoms with Crippen LogP contribution in [0.5, 0.6) is 0 Å². The summed E-state index contributed by atoms with van der Waals surface area (Å²) in [5, 5.41) is 1.53. The van der Waals surface area contributed by atoms with Crippen LogP contribution in [0.3, 0.4) is 0 Å². The first-order valence-corrected chi connectivity index (χ1v) is 6.64. The molecule has 2 nitrogen and oxygen atoms in total. The van der Waals surface area contributed by atoms with Crippen LogP contribution in [0.1, 0.15) is 0 Å². The van der Waals surface area contributed by atoms with Crippen molar-refractivity contribution >= 4 is 61.7 Å². The number of nitrogens with zero attached hydrogens (tertiary/aromatic N) is 2. The summed E-state index contributed by atoms with van der Waals surface area (Å²) in [5.74, 6) is 0. The lowest BCUT2D eigenvalue weighted by atomic mass is 10.2. The Morgan fingerprint density at radius 1 is 1.43 bits per heavy atom. The van der Waals surface area contributed by atoms with Crippen LogP contribution in [0.15, 0.2) is 22.7 Å². The molecule has 0 fully saturated rings. The van der Waals surface area contributed by atoms with Gasteiger partial charge in [-0.2, -0.15) is 4.37 Å². The van der Waals surface area contributed by atoms with Crippen LogP contribution in [0.2, 0.25) is 5.02 Å². The second-order valence-corrected chi connectivity index (χ2v) is 5.42. The van der Waals surface area contributed by atoms with Gasteiger partial charge in [-0.15, -0.1) is 0 Å². The van der Waals surface area contributed by atoms with Gasteiger partial charge in [0.15, 0.2) is 0 Å². The van der Waals surface area contributed by atoms with Gasteiger partial charge in [0, 0.05) is 32.6 Å². The van der Waals surface area contributed by atoms with Crippen molar-refractivity contribution in [3.8, 4) is 10.6 Å². The van der Waals surface area contributed by atoms with E-state index in [2.05, 4.69) is 47.9 Å². The molecule has 0 aliphatic heterocycles. The second-order valence-electron chi connectivity index (χ2n) is 2.47. The quantitative estimate of drug-likeness (QED) is 0.669. The predicted octanol–water partition coefficient (Wildman–Crippen LogP) is 4.23. The van der Waals surface area contributed by atoms with Gasteiger partial charge in [0.25, 0.3) is 0 Å². The highest BCUT2D eigenvalue weighted by atomic mass is 127. The first-order chi connectivity index (χ1) is 6.68. The number of rotatable bonds is 1. The Hall–Kier alpha value is 0.280. The molecule has 0 aliphatic rings. The molecule has 0 atom stereocenters. The van der Waals surface area contributed by atoms with Crippen LogP contribution in [0.4, 0.5) is 0 Å². The summed E-state index contributed by atoms with van der Waals surface area (Å²) in [4.78, 5) is 4.27. The van der Waals surface area contributed by atoms with Gasteiger partial charge in [0.05, 0.1) is 5.02 Å². The van der Waals surface area contributed by atoms with E-state index in [-0.39, 0.29) is 0 Å². The van der Waals surface area contributed by atoms with Crippen molar-refractivity contribution < 1.29 is 0 Å². The third-order valence-corrected chi connectivity index (χ3v) is 4.44. The first-order valence-electron chi connectivity index (χ1n) is 3.62. The first kappa shape index (κ1) is 10.8. The van der Waals surface area contributed by atoms with E-state index in [1.807, 2.05) is 18.2 Å². The zero-order chi connectivity index (χ0) is 10.1. The van der Waals surface area contributed by atoms with E-state index >= 15 is 0 Å². The van der Waals surface area contributed by atoms with Crippen LogP contribution in [0.25, 0.3) is 10.6 Å². The molecule has 0 N–H and O–H groups in total. The van der Waals surface area contributed by atoms with Crippen molar-refractivity contribution in [2.45, 2.75) is 0 Å². The molecular formula is C8H3BrClIN2S. The number of hydrogen-bond acceptors (Lipinski definition) is 3. The minimum absolute atomic E-state index is 0.681. The Kier molecular flexibility index (Phi) is 3.41. The van der Waals surface area contributed by atoms with E-state index in [9.17, 15) is 0 Å². The van der Waals surface area contributed by atoms with E-state index in [1.165, 1.54) is 11.5 Å². The molecule has 0 radical (unpaired) electrons. The Labute approximate surface area is 112 Å². The molecule has 72 valence electrons. The number of halogens is 3. The molecule has 6 heteroatoms. The third kappa shape index (κ3) is 2.10. The summed E-state index contributed by atoms with van der Waals surface area (Å²) >= 11 is 12.9. The van der Waals surface area contributed by atoms with E-state index < -0.39 is 0 Å². The van der Waals surface area contributed by atoms with Crippen molar-refractivity contribution in [1.82, 2.24) is 9.36 Å². The van der Waals surface area contributed by atoms with Gasteiger partial charge >= 0.3 is 0 Å². The smallest absolute Gasteiger partial charge is 0.203 e. The summed E-state index contributed by atoms with van der Waals surface area (Å²) in [6.45, 7) is 0. The topological polar surface area (TPSA) is 25.8 Å². The maximum absolute atomic E-state index is 6.13. The number of hydrogen-bond donors (Lipinski definition) is 0. The highest BCUT2D eigenvalue weighted by Gasteiger charge is 2.10. The number of aromatic nitrogens is 2. The molecule has 0 saturated heterocycles. The number of benzene rings is 1. The largest absolute Gasteiger partial charge is 0.210 e. The zero-order valence-corrected chi connectivity index (χ0v) is 12.0. The van der Waals surface area contributed by atoms with Crippen molar-refractivity contribution in [3.63, 3.8) is 0 Å². The fraction of sp³-hybridized carbons (Fsp3) is 0. The maximum atomic E-state index is 6.13. The molecule has 0 aliphatic carbocycles. The van der Waals surface area contributed by atoms with Gasteiger partial charge in [-0.1, -0.05) is 23.7 Å². The predicted molar refractivity (Wildman–Crippen MR) is 70.8 cm³/mol. The van der Waals surface area contributed by atoms with Crippen LogP contribution in [0, 0.1) is 3.83 Å². The van der Waals surface area contributed by atoms with Gasteiger partial charge in [-0.25, -0.2) is 4.98 Å². The molecule has 0 spiro atoms. The molecule has 2 aromatic rings. The average Bonchev–Trinajstić information content (AvgIpc) is 2.57. The van der Waals surface area contributed by atoms with E-state index in [4.69, 9.17) is 11.6 Å². The summed E-state index contributed by atoms with van der Waals surface area (Å²) in [6, 6.07) is 5.76. The summed E-state index contributed by atoms with van der Waals surface area (Å²) < 4.78 is 5.73. The fourth-order valence-electron chi connectivity index (χ4n) is 0.984. The summed E-state index contributed by atoms with van der Waals surface area (Å²) in [7, 11) is 0. The average molecular weight is 401 g/mol. The van der Waals surface area contributed by atoms with Crippen LogP contribution in [-0.2, 0) is 0 Å². The monoisotopic (exact) mass is 400 g/mol. The van der Waals surface area contributed by atoms with Crippen molar-refractivity contribution in [3.05, 3.63) is 31.5 Å². The molecule has 1 aromatic heterocycles. The minimum Gasteiger partial charge on any atom is -0.210 e. The lowest BCUT2D eigenvalue weighted by Gasteiger charge is -2.00. The van der Waals surface area contributed by atoms with Crippen molar-refractivity contribution in [2.24, 2.45) is 0 Å². The maximum Gasteiger partial charge on any atom is 0.203 e. The van der Waals surface area contributed by atoms with Gasteiger partial charge in [0.2, 0.25) is 3.83 Å². The molecule has 0 saturated carbocycles. The lowest BCUT2D eigenvalue weighted by Crippen LogP contribution is -1.79. The van der Waals surface area contributed by atoms with E-state index in [1.54, 1.807) is 0 Å². The Morgan fingerprint density at radius 3 is 2.86 bits per heavy atom. The highest BCUT2D eigenvalue weighted by molar-refractivity contribution is 14.1. The normalized spacial score (nSPS) is 10.5. The molecule has 14 heavy (non-hydrogen) atoms. The molecule has 0 amide bonds. The summed E-state index contributed by atoms with van der Waals surface area (Å²) in [6.07, 6.45) is 0. The Balaban J connectivity index is 2.57. The molecular weight excluding hydrogens is 398 g/mol. The van der Waals surface area contributed by atoms with Crippen LogP contribution < -0.4 is 0 Å². The van der Waals surface area contributed by atoms with Gasteiger partial charge < -0.3 is 0 Å². The second kappa shape index (κ2) is 4.42. The third-order valence-electron chi connectivity index (χ3n) is 1.58. The fourth-order valence-corrected chi connectivity index (χ4v) is 2.92. The molecule has 0 bridgehead atoms. The van der Waals surface area contributed by atoms with Crippen molar-refractivity contribution in [1.29, 1.82) is 0 Å². The van der Waals surface area contributed by atoms with Gasteiger partial charge in [-0.3, -0.25) is 0 Å². The zero-order valence-electron chi connectivity index (χ0n) is 6.67. The summed E-state index contributed by atoms with van der Waals surface area (Å²) in [5.41, 5.74) is 0.918. The molecule has 2 rings (SSSR count). The Bertz CT molecular complexity index is 474. The van der Waals surface area contributed by atoms with E-state index in [0.717, 1.165) is 18.9 Å². The van der Waals surface area contributed by atoms with Gasteiger partial charge in [-0.05, 0) is 33.5 Å². The van der Waals surface area contributed by atoms with Crippen molar-refractivity contribution in [2.75, 3.05) is 0 Å². The molecule has 1 aromatic carbocycles. The molecule has 1 heterocycles. The minimum atomic E-state index is 0.681. The highest BCUT2D eigenvalue weighted by Crippen LogP contribution is 2.34. The lowest BCUT2D eigenvalue weighted by molar-refractivity contribution is 1.25. The SMILES string of the molecule is Clc1c(Br)cccc1-c1nc(I)ns1. The van der Waals surface area contributed by atoms with Gasteiger partial charge in [0.1, 0.15) is 5.01 Å². The standard InChI is InChI=1S/C8H3BrClIN2S/c9-5-3-1-2-4(6(5)10)7-12-8(11)13-14-7/h1-3H. The molecule has 0 unspecified atom stereocenters. The van der Waals surface area contributed by atoms with E-state index in [0.29, 0.717) is 5.02 Å². The Morgan fingerprint density at radius 2 is 2.21 bits per heavy atom. The van der Waals surface area contributed by atoms with Crippen LogP contribution >= 0.6 is 61.7 Å².